The monoisotopic (exact) mass is 290 g/mol. The summed E-state index contributed by atoms with van der Waals surface area (Å²) in [4.78, 5) is 11.7. The summed E-state index contributed by atoms with van der Waals surface area (Å²) < 4.78 is 11.6. The average Bonchev–Trinajstić information content (AvgIpc) is 2.48. The van der Waals surface area contributed by atoms with Gasteiger partial charge in [0, 0.05) is 17.9 Å². The molecule has 3 nitrogen and oxygen atoms in total. The molecular formula is C18H26O3. The number of ether oxygens (including phenoxy) is 2. The highest BCUT2D eigenvalue weighted by Gasteiger charge is 2.31. The smallest absolute Gasteiger partial charge is 0.305 e. The zero-order valence-electron chi connectivity index (χ0n) is 13.3. The van der Waals surface area contributed by atoms with Crippen LogP contribution in [0.2, 0.25) is 0 Å². The van der Waals surface area contributed by atoms with E-state index in [1.54, 1.807) is 0 Å². The van der Waals surface area contributed by atoms with Gasteiger partial charge in [0.2, 0.25) is 0 Å². The number of esters is 1. The maximum Gasteiger partial charge on any atom is 0.305 e. The van der Waals surface area contributed by atoms with Gasteiger partial charge in [0.1, 0.15) is 11.9 Å². The van der Waals surface area contributed by atoms with E-state index >= 15 is 0 Å². The van der Waals surface area contributed by atoms with Crippen molar-refractivity contribution in [2.24, 2.45) is 0 Å². The van der Waals surface area contributed by atoms with Crippen molar-refractivity contribution in [2.45, 2.75) is 71.0 Å². The van der Waals surface area contributed by atoms with Crippen LogP contribution >= 0.6 is 0 Å². The molecule has 0 saturated heterocycles. The summed E-state index contributed by atoms with van der Waals surface area (Å²) in [7, 11) is 0. The Kier molecular flexibility index (Phi) is 5.66. The lowest BCUT2D eigenvalue weighted by Crippen LogP contribution is -2.29. The molecule has 1 aliphatic rings. The van der Waals surface area contributed by atoms with Gasteiger partial charge in [0.05, 0.1) is 6.10 Å². The van der Waals surface area contributed by atoms with Gasteiger partial charge in [-0.05, 0) is 39.2 Å². The molecule has 2 unspecified atom stereocenters. The first-order valence-corrected chi connectivity index (χ1v) is 8.06. The van der Waals surface area contributed by atoms with Gasteiger partial charge in [-0.2, -0.15) is 0 Å². The molecule has 0 spiro atoms. The quantitative estimate of drug-likeness (QED) is 0.751. The third kappa shape index (κ3) is 4.23. The summed E-state index contributed by atoms with van der Waals surface area (Å²) in [6.45, 7) is 5.91. The van der Waals surface area contributed by atoms with Crippen molar-refractivity contribution in [3.8, 4) is 5.75 Å². The summed E-state index contributed by atoms with van der Waals surface area (Å²) in [6, 6.07) is 8.16. The van der Waals surface area contributed by atoms with Crippen molar-refractivity contribution in [1.29, 1.82) is 0 Å². The maximum absolute atomic E-state index is 11.7. The molecule has 1 fully saturated rings. The number of benzene rings is 1. The Balaban J connectivity index is 2.22. The molecule has 1 saturated carbocycles. The van der Waals surface area contributed by atoms with Crippen LogP contribution in [-0.4, -0.2) is 18.2 Å². The summed E-state index contributed by atoms with van der Waals surface area (Å²) in [6.07, 6.45) is 4.89. The van der Waals surface area contributed by atoms with Gasteiger partial charge < -0.3 is 9.47 Å². The van der Waals surface area contributed by atoms with Crippen LogP contribution in [0.4, 0.5) is 0 Å². The van der Waals surface area contributed by atoms with E-state index in [4.69, 9.17) is 9.47 Å². The number of hydrogen-bond acceptors (Lipinski definition) is 3. The van der Waals surface area contributed by atoms with Crippen molar-refractivity contribution in [1.82, 2.24) is 0 Å². The van der Waals surface area contributed by atoms with E-state index in [1.807, 2.05) is 39.0 Å². The maximum atomic E-state index is 11.7. The second-order valence-corrected chi connectivity index (χ2v) is 5.98. The van der Waals surface area contributed by atoms with Crippen LogP contribution < -0.4 is 4.74 Å². The minimum Gasteiger partial charge on any atom is -0.491 e. The lowest BCUT2D eigenvalue weighted by molar-refractivity contribution is -0.151. The molecule has 0 aromatic heterocycles. The summed E-state index contributed by atoms with van der Waals surface area (Å²) in [5.41, 5.74) is 1.18. The molecule has 2 rings (SSSR count). The second-order valence-electron chi connectivity index (χ2n) is 5.98. The molecule has 0 amide bonds. The van der Waals surface area contributed by atoms with Crippen LogP contribution in [0.25, 0.3) is 0 Å². The van der Waals surface area contributed by atoms with Crippen molar-refractivity contribution in [3.05, 3.63) is 29.8 Å². The van der Waals surface area contributed by atoms with Crippen LogP contribution in [0.5, 0.6) is 5.75 Å². The van der Waals surface area contributed by atoms with E-state index in [-0.39, 0.29) is 24.1 Å². The van der Waals surface area contributed by atoms with Crippen LogP contribution in [0, 0.1) is 0 Å². The molecule has 1 aliphatic carbocycles. The van der Waals surface area contributed by atoms with E-state index in [0.717, 1.165) is 25.0 Å². The van der Waals surface area contributed by atoms with E-state index in [0.29, 0.717) is 6.42 Å². The topological polar surface area (TPSA) is 35.5 Å². The molecular weight excluding hydrogens is 264 g/mol. The molecule has 21 heavy (non-hydrogen) atoms. The first-order chi connectivity index (χ1) is 10.1. The minimum absolute atomic E-state index is 0.0110. The molecule has 0 N–H and O–H groups in total. The largest absolute Gasteiger partial charge is 0.491 e. The molecule has 0 bridgehead atoms. The Morgan fingerprint density at radius 3 is 2.67 bits per heavy atom. The molecule has 0 radical (unpaired) electrons. The Bertz CT molecular complexity index is 467. The predicted molar refractivity (Wildman–Crippen MR) is 83.6 cm³/mol. The van der Waals surface area contributed by atoms with Gasteiger partial charge in [-0.15, -0.1) is 0 Å². The SMILES string of the molecule is CCC(=O)OC1CCCCC1c1ccccc1OC(C)C. The standard InChI is InChI=1S/C18H26O3/c1-4-18(19)21-17-12-8-6-10-15(17)14-9-5-7-11-16(14)20-13(2)3/h5,7,9,11,13,15,17H,4,6,8,10,12H2,1-3H3. The Labute approximate surface area is 127 Å². The second kappa shape index (κ2) is 7.48. The van der Waals surface area contributed by atoms with Gasteiger partial charge in [0.15, 0.2) is 0 Å². The van der Waals surface area contributed by atoms with Crippen molar-refractivity contribution in [3.63, 3.8) is 0 Å². The number of rotatable bonds is 5. The fourth-order valence-corrected chi connectivity index (χ4v) is 2.99. The zero-order chi connectivity index (χ0) is 15.2. The highest BCUT2D eigenvalue weighted by molar-refractivity contribution is 5.69. The van der Waals surface area contributed by atoms with E-state index in [2.05, 4.69) is 6.07 Å². The fraction of sp³-hybridized carbons (Fsp3) is 0.611. The number of carbonyl (C=O) groups is 1. The van der Waals surface area contributed by atoms with Crippen LogP contribution in [0.1, 0.15) is 64.4 Å². The van der Waals surface area contributed by atoms with Gasteiger partial charge in [-0.25, -0.2) is 0 Å². The first kappa shape index (κ1) is 15.9. The van der Waals surface area contributed by atoms with Crippen LogP contribution in [0.15, 0.2) is 24.3 Å². The average molecular weight is 290 g/mol. The number of carbonyl (C=O) groups excluding carboxylic acids is 1. The lowest BCUT2D eigenvalue weighted by atomic mass is 9.81. The van der Waals surface area contributed by atoms with Gasteiger partial charge >= 0.3 is 5.97 Å². The van der Waals surface area contributed by atoms with Gasteiger partial charge in [-0.1, -0.05) is 31.5 Å². The zero-order valence-corrected chi connectivity index (χ0v) is 13.3. The lowest BCUT2D eigenvalue weighted by Gasteiger charge is -2.32. The Morgan fingerprint density at radius 1 is 1.24 bits per heavy atom. The summed E-state index contributed by atoms with van der Waals surface area (Å²) in [5.74, 6) is 1.08. The molecule has 0 aliphatic heterocycles. The molecule has 2 atom stereocenters. The molecule has 1 aromatic carbocycles. The molecule has 3 heteroatoms. The van der Waals surface area contributed by atoms with Crippen molar-refractivity contribution < 1.29 is 14.3 Å². The number of hydrogen-bond donors (Lipinski definition) is 0. The Hall–Kier alpha value is -1.51. The minimum atomic E-state index is -0.103. The van der Waals surface area contributed by atoms with Gasteiger partial charge in [0.25, 0.3) is 0 Å². The summed E-state index contributed by atoms with van der Waals surface area (Å²) >= 11 is 0. The first-order valence-electron chi connectivity index (χ1n) is 8.06. The number of para-hydroxylation sites is 1. The van der Waals surface area contributed by atoms with E-state index in [9.17, 15) is 4.79 Å². The molecule has 116 valence electrons. The fourth-order valence-electron chi connectivity index (χ4n) is 2.99. The highest BCUT2D eigenvalue weighted by atomic mass is 16.5. The van der Waals surface area contributed by atoms with Crippen LogP contribution in [-0.2, 0) is 9.53 Å². The van der Waals surface area contributed by atoms with E-state index < -0.39 is 0 Å². The predicted octanol–water partition coefficient (Wildman–Crippen LogP) is 4.45. The van der Waals surface area contributed by atoms with Crippen LogP contribution in [0.3, 0.4) is 0 Å². The normalized spacial score (nSPS) is 22.1. The third-order valence-electron chi connectivity index (χ3n) is 3.96. The van der Waals surface area contributed by atoms with Crippen molar-refractivity contribution in [2.75, 3.05) is 0 Å². The third-order valence-corrected chi connectivity index (χ3v) is 3.96. The van der Waals surface area contributed by atoms with E-state index in [1.165, 1.54) is 12.0 Å². The summed E-state index contributed by atoms with van der Waals surface area (Å²) in [5, 5.41) is 0. The van der Waals surface area contributed by atoms with Crippen molar-refractivity contribution >= 4 is 5.97 Å². The molecule has 0 heterocycles. The Morgan fingerprint density at radius 2 is 1.95 bits per heavy atom. The van der Waals surface area contributed by atoms with Gasteiger partial charge in [-0.3, -0.25) is 4.79 Å². The highest BCUT2D eigenvalue weighted by Crippen LogP contribution is 2.39. The molecule has 1 aromatic rings.